The molecule has 0 amide bonds. The Labute approximate surface area is 100 Å². The van der Waals surface area contributed by atoms with Gasteiger partial charge < -0.3 is 4.74 Å². The predicted octanol–water partition coefficient (Wildman–Crippen LogP) is 2.78. The summed E-state index contributed by atoms with van der Waals surface area (Å²) in [7, 11) is 0. The topological polar surface area (TPSA) is 12.5 Å². The monoisotopic (exact) mass is 225 g/mol. The van der Waals surface area contributed by atoms with Crippen molar-refractivity contribution in [2.45, 2.75) is 46.1 Å². The molecular weight excluding hydrogens is 198 g/mol. The molecular formula is C14H27NO. The number of hydrogen-bond donors (Lipinski definition) is 0. The second-order valence-electron chi connectivity index (χ2n) is 5.88. The summed E-state index contributed by atoms with van der Waals surface area (Å²) in [5.41, 5.74) is 0. The first-order valence-electron chi connectivity index (χ1n) is 7.04. The lowest BCUT2D eigenvalue weighted by Gasteiger charge is -2.43. The van der Waals surface area contributed by atoms with E-state index < -0.39 is 0 Å². The largest absolute Gasteiger partial charge is 0.378 e. The quantitative estimate of drug-likeness (QED) is 0.729. The minimum atomic E-state index is 0.750. The van der Waals surface area contributed by atoms with E-state index in [-0.39, 0.29) is 0 Å². The van der Waals surface area contributed by atoms with Crippen LogP contribution in [0.1, 0.15) is 40.0 Å². The molecule has 2 fully saturated rings. The third kappa shape index (κ3) is 2.60. The average molecular weight is 225 g/mol. The maximum Gasteiger partial charge on any atom is 0.0645 e. The van der Waals surface area contributed by atoms with Gasteiger partial charge in [-0.2, -0.15) is 0 Å². The Kier molecular flexibility index (Phi) is 4.26. The summed E-state index contributed by atoms with van der Waals surface area (Å²) in [6.07, 6.45) is 4.18. The first-order chi connectivity index (χ1) is 7.72. The van der Waals surface area contributed by atoms with Gasteiger partial charge in [-0.3, -0.25) is 4.90 Å². The van der Waals surface area contributed by atoms with Crippen LogP contribution in [-0.4, -0.2) is 37.2 Å². The van der Waals surface area contributed by atoms with Crippen LogP contribution in [0, 0.1) is 17.8 Å². The standard InChI is InChI=1S/C14H27NO/c1-4-14(11(2)3)12-5-7-15(8-6-12)13-9-16-10-13/h11-14H,4-10H2,1-3H3. The van der Waals surface area contributed by atoms with Crippen molar-refractivity contribution in [2.24, 2.45) is 17.8 Å². The molecule has 2 saturated heterocycles. The zero-order chi connectivity index (χ0) is 11.5. The molecule has 0 spiro atoms. The lowest BCUT2D eigenvalue weighted by atomic mass is 9.76. The van der Waals surface area contributed by atoms with E-state index in [0.29, 0.717) is 0 Å². The van der Waals surface area contributed by atoms with E-state index in [1.165, 1.54) is 32.4 Å². The fourth-order valence-electron chi connectivity index (χ4n) is 3.50. The minimum Gasteiger partial charge on any atom is -0.378 e. The van der Waals surface area contributed by atoms with Gasteiger partial charge >= 0.3 is 0 Å². The van der Waals surface area contributed by atoms with E-state index in [0.717, 1.165) is 37.0 Å². The first kappa shape index (κ1) is 12.4. The van der Waals surface area contributed by atoms with Crippen molar-refractivity contribution in [3.8, 4) is 0 Å². The minimum absolute atomic E-state index is 0.750. The first-order valence-corrected chi connectivity index (χ1v) is 7.04. The zero-order valence-corrected chi connectivity index (χ0v) is 11.1. The van der Waals surface area contributed by atoms with Crippen molar-refractivity contribution in [2.75, 3.05) is 26.3 Å². The molecule has 0 aromatic rings. The number of piperidine rings is 1. The van der Waals surface area contributed by atoms with Crippen molar-refractivity contribution in [1.29, 1.82) is 0 Å². The highest BCUT2D eigenvalue weighted by Gasteiger charge is 2.32. The Balaban J connectivity index is 1.79. The van der Waals surface area contributed by atoms with Crippen molar-refractivity contribution in [3.63, 3.8) is 0 Å². The van der Waals surface area contributed by atoms with E-state index in [1.807, 2.05) is 0 Å². The predicted molar refractivity (Wildman–Crippen MR) is 67.5 cm³/mol. The highest BCUT2D eigenvalue weighted by molar-refractivity contribution is 4.84. The fourth-order valence-corrected chi connectivity index (χ4v) is 3.50. The molecule has 0 saturated carbocycles. The van der Waals surface area contributed by atoms with Gasteiger partial charge in [-0.25, -0.2) is 0 Å². The molecule has 0 bridgehead atoms. The van der Waals surface area contributed by atoms with Gasteiger partial charge in [0.25, 0.3) is 0 Å². The zero-order valence-electron chi connectivity index (χ0n) is 11.1. The number of hydrogen-bond acceptors (Lipinski definition) is 2. The lowest BCUT2D eigenvalue weighted by Crippen LogP contribution is -2.52. The van der Waals surface area contributed by atoms with Gasteiger partial charge in [0.1, 0.15) is 0 Å². The molecule has 2 aliphatic heterocycles. The lowest BCUT2D eigenvalue weighted by molar-refractivity contribution is -0.0768. The molecule has 0 aliphatic carbocycles. The number of likely N-dealkylation sites (tertiary alicyclic amines) is 1. The van der Waals surface area contributed by atoms with Crippen LogP contribution in [0.2, 0.25) is 0 Å². The molecule has 0 radical (unpaired) electrons. The van der Waals surface area contributed by atoms with E-state index in [1.54, 1.807) is 0 Å². The summed E-state index contributed by atoms with van der Waals surface area (Å²) in [6, 6.07) is 0.750. The normalized spacial score (nSPS) is 27.0. The number of ether oxygens (including phenoxy) is 1. The molecule has 1 unspecified atom stereocenters. The summed E-state index contributed by atoms with van der Waals surface area (Å²) >= 11 is 0. The fraction of sp³-hybridized carbons (Fsp3) is 1.00. The summed E-state index contributed by atoms with van der Waals surface area (Å²) in [5, 5.41) is 0. The van der Waals surface area contributed by atoms with Gasteiger partial charge in [0.2, 0.25) is 0 Å². The van der Waals surface area contributed by atoms with Crippen LogP contribution < -0.4 is 0 Å². The van der Waals surface area contributed by atoms with Gasteiger partial charge in [0.05, 0.1) is 19.3 Å². The van der Waals surface area contributed by atoms with E-state index in [9.17, 15) is 0 Å². The number of rotatable bonds is 4. The third-order valence-corrected chi connectivity index (χ3v) is 4.64. The van der Waals surface area contributed by atoms with Crippen LogP contribution in [0.4, 0.5) is 0 Å². The van der Waals surface area contributed by atoms with Gasteiger partial charge in [-0.15, -0.1) is 0 Å². The maximum absolute atomic E-state index is 5.28. The second kappa shape index (κ2) is 5.50. The van der Waals surface area contributed by atoms with E-state index in [2.05, 4.69) is 25.7 Å². The Morgan fingerprint density at radius 2 is 1.81 bits per heavy atom. The molecule has 16 heavy (non-hydrogen) atoms. The Morgan fingerprint density at radius 1 is 1.19 bits per heavy atom. The van der Waals surface area contributed by atoms with Gasteiger partial charge in [-0.1, -0.05) is 27.2 Å². The van der Waals surface area contributed by atoms with Crippen LogP contribution in [0.25, 0.3) is 0 Å². The highest BCUT2D eigenvalue weighted by Crippen LogP contribution is 2.33. The average Bonchev–Trinajstić information content (AvgIpc) is 2.18. The molecule has 2 nitrogen and oxygen atoms in total. The Morgan fingerprint density at radius 3 is 2.19 bits per heavy atom. The number of nitrogens with zero attached hydrogens (tertiary/aromatic N) is 1. The highest BCUT2D eigenvalue weighted by atomic mass is 16.5. The van der Waals surface area contributed by atoms with Crippen LogP contribution in [0.5, 0.6) is 0 Å². The van der Waals surface area contributed by atoms with Crippen LogP contribution in [0.15, 0.2) is 0 Å². The van der Waals surface area contributed by atoms with Crippen molar-refractivity contribution in [3.05, 3.63) is 0 Å². The molecule has 1 atom stereocenters. The summed E-state index contributed by atoms with van der Waals surface area (Å²) in [5.74, 6) is 2.77. The summed E-state index contributed by atoms with van der Waals surface area (Å²) < 4.78 is 5.28. The Bertz CT molecular complexity index is 205. The van der Waals surface area contributed by atoms with E-state index >= 15 is 0 Å². The van der Waals surface area contributed by atoms with Gasteiger partial charge in [0, 0.05) is 0 Å². The SMILES string of the molecule is CCC(C(C)C)C1CCN(C2COC2)CC1. The smallest absolute Gasteiger partial charge is 0.0645 e. The van der Waals surface area contributed by atoms with E-state index in [4.69, 9.17) is 4.74 Å². The summed E-state index contributed by atoms with van der Waals surface area (Å²) in [4.78, 5) is 2.65. The van der Waals surface area contributed by atoms with Crippen molar-refractivity contribution >= 4 is 0 Å². The molecule has 2 aliphatic rings. The second-order valence-corrected chi connectivity index (χ2v) is 5.88. The molecule has 0 N–H and O–H groups in total. The van der Waals surface area contributed by atoms with Crippen molar-refractivity contribution in [1.82, 2.24) is 4.90 Å². The van der Waals surface area contributed by atoms with Crippen molar-refractivity contribution < 1.29 is 4.74 Å². The molecule has 0 aromatic carbocycles. The summed E-state index contributed by atoms with van der Waals surface area (Å²) in [6.45, 7) is 11.7. The molecule has 2 heteroatoms. The third-order valence-electron chi connectivity index (χ3n) is 4.64. The van der Waals surface area contributed by atoms with Crippen LogP contribution in [-0.2, 0) is 4.74 Å². The molecule has 0 aromatic heterocycles. The van der Waals surface area contributed by atoms with Gasteiger partial charge in [0.15, 0.2) is 0 Å². The maximum atomic E-state index is 5.28. The van der Waals surface area contributed by atoms with Crippen LogP contribution in [0.3, 0.4) is 0 Å². The molecule has 2 heterocycles. The Hall–Kier alpha value is -0.0800. The molecule has 2 rings (SSSR count). The van der Waals surface area contributed by atoms with Crippen LogP contribution >= 0.6 is 0 Å². The van der Waals surface area contributed by atoms with Gasteiger partial charge in [-0.05, 0) is 43.7 Å². The molecule has 94 valence electrons.